The van der Waals surface area contributed by atoms with Gasteiger partial charge in [-0.15, -0.1) is 5.10 Å². The Labute approximate surface area is 126 Å². The maximum Gasteiger partial charge on any atom is 0.242 e. The average molecular weight is 297 g/mol. The SMILES string of the molecule is O=C(Cn1cnnn1)N[C@@H](Cn1ccnc1)c1ccccc1. The molecule has 2 heterocycles. The average Bonchev–Trinajstić information content (AvgIpc) is 3.21. The van der Waals surface area contributed by atoms with Crippen molar-refractivity contribution in [2.75, 3.05) is 0 Å². The van der Waals surface area contributed by atoms with Gasteiger partial charge in [-0.25, -0.2) is 9.67 Å². The number of tetrazole rings is 1. The van der Waals surface area contributed by atoms with E-state index in [1.165, 1.54) is 11.0 Å². The van der Waals surface area contributed by atoms with E-state index in [9.17, 15) is 4.79 Å². The lowest BCUT2D eigenvalue weighted by Crippen LogP contribution is -2.34. The zero-order valence-corrected chi connectivity index (χ0v) is 11.8. The summed E-state index contributed by atoms with van der Waals surface area (Å²) in [6, 6.07) is 9.66. The number of rotatable bonds is 6. The molecule has 0 aliphatic carbocycles. The molecule has 1 N–H and O–H groups in total. The molecule has 1 amide bonds. The van der Waals surface area contributed by atoms with Gasteiger partial charge in [-0.3, -0.25) is 4.79 Å². The van der Waals surface area contributed by atoms with E-state index < -0.39 is 0 Å². The lowest BCUT2D eigenvalue weighted by atomic mass is 10.1. The zero-order chi connectivity index (χ0) is 15.2. The smallest absolute Gasteiger partial charge is 0.242 e. The van der Waals surface area contributed by atoms with Crippen LogP contribution in [0.15, 0.2) is 55.4 Å². The molecule has 0 aliphatic heterocycles. The molecule has 3 aromatic rings. The first-order valence-corrected chi connectivity index (χ1v) is 6.82. The van der Waals surface area contributed by atoms with Gasteiger partial charge in [0.15, 0.2) is 0 Å². The normalized spacial score (nSPS) is 12.0. The number of carbonyl (C=O) groups excluding carboxylic acids is 1. The van der Waals surface area contributed by atoms with Gasteiger partial charge in [-0.1, -0.05) is 30.3 Å². The largest absolute Gasteiger partial charge is 0.346 e. The quantitative estimate of drug-likeness (QED) is 0.712. The van der Waals surface area contributed by atoms with Crippen molar-refractivity contribution in [2.45, 2.75) is 19.1 Å². The molecule has 0 saturated heterocycles. The molecule has 0 spiro atoms. The van der Waals surface area contributed by atoms with Crippen LogP contribution in [0.4, 0.5) is 0 Å². The molecule has 0 fully saturated rings. The Morgan fingerprint density at radius 3 is 2.77 bits per heavy atom. The summed E-state index contributed by atoms with van der Waals surface area (Å²) in [6.07, 6.45) is 6.71. The number of imidazole rings is 1. The van der Waals surface area contributed by atoms with Crippen molar-refractivity contribution in [3.05, 3.63) is 60.9 Å². The molecule has 8 heteroatoms. The van der Waals surface area contributed by atoms with Gasteiger partial charge in [0, 0.05) is 18.9 Å². The van der Waals surface area contributed by atoms with Crippen LogP contribution in [-0.2, 0) is 17.9 Å². The molecule has 1 aromatic carbocycles. The van der Waals surface area contributed by atoms with E-state index >= 15 is 0 Å². The Balaban J connectivity index is 1.72. The summed E-state index contributed by atoms with van der Waals surface area (Å²) >= 11 is 0. The highest BCUT2D eigenvalue weighted by Crippen LogP contribution is 2.15. The second kappa shape index (κ2) is 6.61. The van der Waals surface area contributed by atoms with E-state index in [4.69, 9.17) is 0 Å². The number of aromatic nitrogens is 6. The van der Waals surface area contributed by atoms with Crippen molar-refractivity contribution in [3.8, 4) is 0 Å². The van der Waals surface area contributed by atoms with E-state index in [0.717, 1.165) is 5.56 Å². The van der Waals surface area contributed by atoms with Crippen LogP contribution < -0.4 is 5.32 Å². The summed E-state index contributed by atoms with van der Waals surface area (Å²) in [5.41, 5.74) is 1.03. The predicted octanol–water partition coefficient (Wildman–Crippen LogP) is 0.427. The second-order valence-electron chi connectivity index (χ2n) is 4.80. The topological polar surface area (TPSA) is 90.5 Å². The van der Waals surface area contributed by atoms with Gasteiger partial charge in [0.2, 0.25) is 5.91 Å². The molecule has 0 bridgehead atoms. The van der Waals surface area contributed by atoms with Crippen molar-refractivity contribution in [2.24, 2.45) is 0 Å². The predicted molar refractivity (Wildman–Crippen MR) is 77.4 cm³/mol. The van der Waals surface area contributed by atoms with E-state index in [0.29, 0.717) is 6.54 Å². The van der Waals surface area contributed by atoms with Gasteiger partial charge in [-0.05, 0) is 16.0 Å². The minimum Gasteiger partial charge on any atom is -0.346 e. The fourth-order valence-corrected chi connectivity index (χ4v) is 2.17. The van der Waals surface area contributed by atoms with Crippen LogP contribution in [0.25, 0.3) is 0 Å². The van der Waals surface area contributed by atoms with Crippen LogP contribution in [-0.4, -0.2) is 35.7 Å². The molecule has 0 unspecified atom stereocenters. The van der Waals surface area contributed by atoms with Crippen LogP contribution >= 0.6 is 0 Å². The van der Waals surface area contributed by atoms with Crippen molar-refractivity contribution in [1.82, 2.24) is 35.1 Å². The number of hydrogen-bond donors (Lipinski definition) is 1. The third-order valence-corrected chi connectivity index (χ3v) is 3.19. The summed E-state index contributed by atoms with van der Waals surface area (Å²) in [6.45, 7) is 0.686. The van der Waals surface area contributed by atoms with Crippen LogP contribution in [0, 0.1) is 0 Å². The summed E-state index contributed by atoms with van der Waals surface area (Å²) in [5, 5.41) is 13.7. The van der Waals surface area contributed by atoms with E-state index in [2.05, 4.69) is 25.8 Å². The third kappa shape index (κ3) is 3.54. The van der Waals surface area contributed by atoms with Crippen LogP contribution in [0.1, 0.15) is 11.6 Å². The second-order valence-corrected chi connectivity index (χ2v) is 4.80. The number of hydrogen-bond acceptors (Lipinski definition) is 5. The fourth-order valence-electron chi connectivity index (χ4n) is 2.17. The monoisotopic (exact) mass is 297 g/mol. The zero-order valence-electron chi connectivity index (χ0n) is 11.8. The highest BCUT2D eigenvalue weighted by Gasteiger charge is 2.15. The van der Waals surface area contributed by atoms with Gasteiger partial charge < -0.3 is 9.88 Å². The summed E-state index contributed by atoms with van der Waals surface area (Å²) in [7, 11) is 0. The number of nitrogens with one attached hydrogen (secondary N) is 1. The summed E-state index contributed by atoms with van der Waals surface area (Å²) in [4.78, 5) is 16.2. The van der Waals surface area contributed by atoms with Crippen molar-refractivity contribution in [3.63, 3.8) is 0 Å². The number of benzene rings is 1. The minimum atomic E-state index is -0.153. The van der Waals surface area contributed by atoms with E-state index in [1.807, 2.05) is 41.1 Å². The molecule has 1 atom stereocenters. The summed E-state index contributed by atoms with van der Waals surface area (Å²) in [5.74, 6) is -0.152. The first kappa shape index (κ1) is 13.9. The van der Waals surface area contributed by atoms with Gasteiger partial charge in [0.1, 0.15) is 12.9 Å². The van der Waals surface area contributed by atoms with Crippen LogP contribution in [0.5, 0.6) is 0 Å². The Bertz CT molecular complexity index is 694. The van der Waals surface area contributed by atoms with Crippen LogP contribution in [0.2, 0.25) is 0 Å². The molecule has 0 aliphatic rings. The Kier molecular flexibility index (Phi) is 4.19. The van der Waals surface area contributed by atoms with Crippen molar-refractivity contribution >= 4 is 5.91 Å². The molecule has 3 rings (SSSR count). The molecular formula is C14H15N7O. The van der Waals surface area contributed by atoms with E-state index in [1.54, 1.807) is 12.5 Å². The third-order valence-electron chi connectivity index (χ3n) is 3.19. The minimum absolute atomic E-state index is 0.0836. The number of amides is 1. The molecule has 0 radical (unpaired) electrons. The van der Waals surface area contributed by atoms with Gasteiger partial charge in [0.05, 0.1) is 12.4 Å². The first-order valence-electron chi connectivity index (χ1n) is 6.82. The lowest BCUT2D eigenvalue weighted by molar-refractivity contribution is -0.122. The Morgan fingerprint density at radius 1 is 1.23 bits per heavy atom. The van der Waals surface area contributed by atoms with Crippen molar-refractivity contribution in [1.29, 1.82) is 0 Å². The maximum absolute atomic E-state index is 12.2. The molecule has 8 nitrogen and oxygen atoms in total. The van der Waals surface area contributed by atoms with E-state index in [-0.39, 0.29) is 18.5 Å². The van der Waals surface area contributed by atoms with Gasteiger partial charge in [-0.2, -0.15) is 0 Å². The Hall–Kier alpha value is -3.03. The Morgan fingerprint density at radius 2 is 2.09 bits per heavy atom. The van der Waals surface area contributed by atoms with Gasteiger partial charge >= 0.3 is 0 Å². The molecule has 112 valence electrons. The highest BCUT2D eigenvalue weighted by molar-refractivity contribution is 5.76. The maximum atomic E-state index is 12.2. The summed E-state index contributed by atoms with van der Waals surface area (Å²) < 4.78 is 3.31. The van der Waals surface area contributed by atoms with Crippen LogP contribution in [0.3, 0.4) is 0 Å². The molecule has 22 heavy (non-hydrogen) atoms. The number of carbonyl (C=O) groups is 1. The lowest BCUT2D eigenvalue weighted by Gasteiger charge is -2.19. The van der Waals surface area contributed by atoms with Gasteiger partial charge in [0.25, 0.3) is 0 Å². The highest BCUT2D eigenvalue weighted by atomic mass is 16.2. The standard InChI is InChI=1S/C14H15N7O/c22-14(9-21-11-16-18-19-21)17-13(8-20-7-6-15-10-20)12-4-2-1-3-5-12/h1-7,10-11,13H,8-9H2,(H,17,22)/t13-/m0/s1. The molecule has 0 saturated carbocycles. The molecular weight excluding hydrogens is 282 g/mol. The fraction of sp³-hybridized carbons (Fsp3) is 0.214. The first-order chi connectivity index (χ1) is 10.8. The molecule has 2 aromatic heterocycles. The number of nitrogens with zero attached hydrogens (tertiary/aromatic N) is 6. The van der Waals surface area contributed by atoms with Crippen molar-refractivity contribution < 1.29 is 4.79 Å².